The molecular formula is C15H19ClN4S. The summed E-state index contributed by atoms with van der Waals surface area (Å²) in [7, 11) is 0. The maximum absolute atomic E-state index is 5.87. The van der Waals surface area contributed by atoms with Gasteiger partial charge in [0.05, 0.1) is 18.4 Å². The summed E-state index contributed by atoms with van der Waals surface area (Å²) in [6.07, 6.45) is 5.96. The average Bonchev–Trinajstić information content (AvgIpc) is 2.89. The molecule has 0 radical (unpaired) electrons. The Morgan fingerprint density at radius 1 is 1.33 bits per heavy atom. The number of halogens is 1. The van der Waals surface area contributed by atoms with Gasteiger partial charge in [0.2, 0.25) is 0 Å². The molecule has 6 heteroatoms. The molecule has 0 aliphatic heterocycles. The third-order valence-electron chi connectivity index (χ3n) is 2.96. The Bertz CT molecular complexity index is 580. The van der Waals surface area contributed by atoms with E-state index in [0.29, 0.717) is 11.7 Å². The number of nitrogens with zero attached hydrogens (tertiary/aromatic N) is 2. The van der Waals surface area contributed by atoms with Crippen LogP contribution in [0.1, 0.15) is 25.3 Å². The van der Waals surface area contributed by atoms with Gasteiger partial charge in [-0.25, -0.2) is 0 Å². The van der Waals surface area contributed by atoms with Gasteiger partial charge < -0.3 is 10.6 Å². The highest BCUT2D eigenvalue weighted by Gasteiger charge is 2.02. The highest BCUT2D eigenvalue weighted by molar-refractivity contribution is 7.80. The minimum Gasteiger partial charge on any atom is -0.362 e. The van der Waals surface area contributed by atoms with Gasteiger partial charge in [-0.05, 0) is 36.3 Å². The van der Waals surface area contributed by atoms with Crippen molar-refractivity contribution in [2.45, 2.75) is 26.3 Å². The van der Waals surface area contributed by atoms with Crippen LogP contribution >= 0.6 is 23.8 Å². The van der Waals surface area contributed by atoms with Crippen LogP contribution in [0.15, 0.2) is 36.7 Å². The lowest BCUT2D eigenvalue weighted by atomic mass is 10.2. The van der Waals surface area contributed by atoms with Crippen molar-refractivity contribution in [2.75, 3.05) is 11.9 Å². The molecule has 0 aliphatic rings. The van der Waals surface area contributed by atoms with Gasteiger partial charge in [-0.1, -0.05) is 37.1 Å². The second-order valence-corrected chi connectivity index (χ2v) is 5.63. The van der Waals surface area contributed by atoms with Crippen LogP contribution in [0.3, 0.4) is 0 Å². The fraction of sp³-hybridized carbons (Fsp3) is 0.333. The van der Waals surface area contributed by atoms with Crippen molar-refractivity contribution in [3.8, 4) is 0 Å². The largest absolute Gasteiger partial charge is 0.362 e. The number of anilines is 1. The number of thiocarbonyl (C=S) groups is 1. The molecule has 1 aromatic carbocycles. The molecule has 0 unspecified atom stereocenters. The van der Waals surface area contributed by atoms with Crippen molar-refractivity contribution in [3.05, 3.63) is 47.2 Å². The number of hydrogen-bond acceptors (Lipinski definition) is 2. The van der Waals surface area contributed by atoms with Crippen LogP contribution in [-0.2, 0) is 6.54 Å². The first-order valence-electron chi connectivity index (χ1n) is 6.99. The lowest BCUT2D eigenvalue weighted by Crippen LogP contribution is -2.28. The van der Waals surface area contributed by atoms with Crippen molar-refractivity contribution in [1.82, 2.24) is 15.1 Å². The van der Waals surface area contributed by atoms with Gasteiger partial charge in [0.15, 0.2) is 5.11 Å². The van der Waals surface area contributed by atoms with E-state index in [1.807, 2.05) is 35.1 Å². The zero-order valence-corrected chi connectivity index (χ0v) is 13.5. The van der Waals surface area contributed by atoms with Crippen LogP contribution in [-0.4, -0.2) is 21.4 Å². The summed E-state index contributed by atoms with van der Waals surface area (Å²) < 4.78 is 1.86. The lowest BCUT2D eigenvalue weighted by molar-refractivity contribution is 0.687. The number of rotatable bonds is 6. The molecule has 2 rings (SSSR count). The molecule has 1 heterocycles. The average molecular weight is 323 g/mol. The minimum atomic E-state index is 0.634. The Kier molecular flexibility index (Phi) is 6.02. The molecule has 0 bridgehead atoms. The number of nitrogens with one attached hydrogen (secondary N) is 2. The van der Waals surface area contributed by atoms with E-state index in [4.69, 9.17) is 23.8 Å². The molecule has 0 spiro atoms. The van der Waals surface area contributed by atoms with Gasteiger partial charge in [-0.2, -0.15) is 5.10 Å². The standard InChI is InChI=1S/C15H19ClN4S/c1-2-3-8-17-15(21)19-14-9-18-20(11-14)10-12-4-6-13(16)7-5-12/h4-7,9,11H,2-3,8,10H2,1H3,(H2,17,19,21). The van der Waals surface area contributed by atoms with E-state index >= 15 is 0 Å². The maximum atomic E-state index is 5.87. The van der Waals surface area contributed by atoms with Crippen LogP contribution in [0.2, 0.25) is 5.02 Å². The topological polar surface area (TPSA) is 41.9 Å². The van der Waals surface area contributed by atoms with E-state index < -0.39 is 0 Å². The van der Waals surface area contributed by atoms with E-state index in [1.165, 1.54) is 0 Å². The normalized spacial score (nSPS) is 10.4. The van der Waals surface area contributed by atoms with Gasteiger partial charge in [0.1, 0.15) is 0 Å². The maximum Gasteiger partial charge on any atom is 0.170 e. The van der Waals surface area contributed by atoms with Gasteiger partial charge in [0.25, 0.3) is 0 Å². The molecule has 0 saturated carbocycles. The molecule has 112 valence electrons. The molecular weight excluding hydrogens is 304 g/mol. The summed E-state index contributed by atoms with van der Waals surface area (Å²) in [5.74, 6) is 0. The van der Waals surface area contributed by atoms with Crippen LogP contribution in [0.5, 0.6) is 0 Å². The lowest BCUT2D eigenvalue weighted by Gasteiger charge is -2.07. The van der Waals surface area contributed by atoms with Gasteiger partial charge >= 0.3 is 0 Å². The predicted octanol–water partition coefficient (Wildman–Crippen LogP) is 3.67. The summed E-state index contributed by atoms with van der Waals surface area (Å²) in [5.41, 5.74) is 2.04. The van der Waals surface area contributed by atoms with E-state index in [0.717, 1.165) is 35.7 Å². The predicted molar refractivity (Wildman–Crippen MR) is 91.9 cm³/mol. The molecule has 0 aliphatic carbocycles. The van der Waals surface area contributed by atoms with E-state index in [2.05, 4.69) is 22.7 Å². The Balaban J connectivity index is 1.86. The van der Waals surface area contributed by atoms with Crippen molar-refractivity contribution in [1.29, 1.82) is 0 Å². The van der Waals surface area contributed by atoms with Gasteiger partial charge in [0, 0.05) is 17.8 Å². The Morgan fingerprint density at radius 2 is 2.10 bits per heavy atom. The molecule has 0 amide bonds. The first kappa shape index (κ1) is 15.8. The third kappa shape index (κ3) is 5.36. The second kappa shape index (κ2) is 8.00. The molecule has 0 saturated heterocycles. The molecule has 0 atom stereocenters. The third-order valence-corrected chi connectivity index (χ3v) is 3.46. The number of unbranched alkanes of at least 4 members (excludes halogenated alkanes) is 1. The van der Waals surface area contributed by atoms with Crippen molar-refractivity contribution in [2.24, 2.45) is 0 Å². The molecule has 21 heavy (non-hydrogen) atoms. The van der Waals surface area contributed by atoms with Crippen LogP contribution in [0, 0.1) is 0 Å². The number of hydrogen-bond donors (Lipinski definition) is 2. The minimum absolute atomic E-state index is 0.634. The summed E-state index contributed by atoms with van der Waals surface area (Å²) in [6, 6.07) is 7.75. The number of benzene rings is 1. The van der Waals surface area contributed by atoms with Crippen molar-refractivity contribution in [3.63, 3.8) is 0 Å². The summed E-state index contributed by atoms with van der Waals surface area (Å²) in [4.78, 5) is 0. The monoisotopic (exact) mass is 322 g/mol. The fourth-order valence-electron chi connectivity index (χ4n) is 1.85. The Labute approximate surface area is 135 Å². The van der Waals surface area contributed by atoms with Crippen molar-refractivity contribution < 1.29 is 0 Å². The summed E-state index contributed by atoms with van der Waals surface area (Å²) in [6.45, 7) is 3.75. The zero-order valence-electron chi connectivity index (χ0n) is 12.0. The van der Waals surface area contributed by atoms with Crippen molar-refractivity contribution >= 4 is 34.6 Å². The van der Waals surface area contributed by atoms with Gasteiger partial charge in [-0.15, -0.1) is 0 Å². The molecule has 0 fully saturated rings. The van der Waals surface area contributed by atoms with E-state index in [-0.39, 0.29) is 0 Å². The zero-order chi connectivity index (χ0) is 15.1. The highest BCUT2D eigenvalue weighted by Crippen LogP contribution is 2.12. The first-order chi connectivity index (χ1) is 10.2. The Morgan fingerprint density at radius 3 is 2.81 bits per heavy atom. The van der Waals surface area contributed by atoms with Crippen LogP contribution in [0.25, 0.3) is 0 Å². The molecule has 2 N–H and O–H groups in total. The molecule has 2 aromatic rings. The number of aromatic nitrogens is 2. The van der Waals surface area contributed by atoms with Crippen LogP contribution in [0.4, 0.5) is 5.69 Å². The van der Waals surface area contributed by atoms with Crippen LogP contribution < -0.4 is 10.6 Å². The summed E-state index contributed by atoms with van der Waals surface area (Å²) in [5, 5.41) is 12.0. The SMILES string of the molecule is CCCCNC(=S)Nc1cnn(Cc2ccc(Cl)cc2)c1. The van der Waals surface area contributed by atoms with E-state index in [9.17, 15) is 0 Å². The Hall–Kier alpha value is -1.59. The molecule has 4 nitrogen and oxygen atoms in total. The second-order valence-electron chi connectivity index (χ2n) is 4.79. The van der Waals surface area contributed by atoms with E-state index in [1.54, 1.807) is 6.20 Å². The summed E-state index contributed by atoms with van der Waals surface area (Å²) >= 11 is 11.1. The smallest absolute Gasteiger partial charge is 0.170 e. The highest BCUT2D eigenvalue weighted by atomic mass is 35.5. The first-order valence-corrected chi connectivity index (χ1v) is 7.77. The fourth-order valence-corrected chi connectivity index (χ4v) is 2.19. The quantitative estimate of drug-likeness (QED) is 0.629. The van der Waals surface area contributed by atoms with Gasteiger partial charge in [-0.3, -0.25) is 4.68 Å². The molecule has 1 aromatic heterocycles.